The molecule has 29 heavy (non-hydrogen) atoms. The Balaban J connectivity index is 2.15. The normalized spacial score (nSPS) is 13.6. The zero-order valence-electron chi connectivity index (χ0n) is 18.2. The van der Waals surface area contributed by atoms with Crippen molar-refractivity contribution in [1.82, 2.24) is 0 Å². The molecule has 0 aromatic heterocycles. The van der Waals surface area contributed by atoms with Crippen LogP contribution in [0, 0.1) is 0 Å². The summed E-state index contributed by atoms with van der Waals surface area (Å²) in [5, 5.41) is 12.1. The lowest BCUT2D eigenvalue weighted by molar-refractivity contribution is 0.125. The molecule has 3 nitrogen and oxygen atoms in total. The zero-order chi connectivity index (χ0) is 21.2. The van der Waals surface area contributed by atoms with Gasteiger partial charge in [-0.2, -0.15) is 0 Å². The van der Waals surface area contributed by atoms with Crippen molar-refractivity contribution in [3.05, 3.63) is 95.1 Å². The lowest BCUT2D eigenvalue weighted by Gasteiger charge is -2.31. The van der Waals surface area contributed by atoms with Crippen molar-refractivity contribution < 1.29 is 9.84 Å². The van der Waals surface area contributed by atoms with E-state index < -0.39 is 5.60 Å². The molecule has 1 atom stereocenters. The molecule has 0 aliphatic carbocycles. The average molecular weight is 390 g/mol. The molecule has 1 unspecified atom stereocenters. The van der Waals surface area contributed by atoms with Gasteiger partial charge in [0, 0.05) is 19.8 Å². The Bertz CT molecular complexity index is 936. The third-order valence-electron chi connectivity index (χ3n) is 5.48. The Kier molecular flexibility index (Phi) is 5.72. The Morgan fingerprint density at radius 1 is 0.655 bits per heavy atom. The van der Waals surface area contributed by atoms with Crippen LogP contribution in [0.3, 0.4) is 0 Å². The summed E-state index contributed by atoms with van der Waals surface area (Å²) in [7, 11) is 5.66. The Hall–Kier alpha value is -2.78. The second-order valence-corrected chi connectivity index (χ2v) is 8.71. The summed E-state index contributed by atoms with van der Waals surface area (Å²) >= 11 is 0. The summed E-state index contributed by atoms with van der Waals surface area (Å²) in [4.78, 5) is 2.05. The van der Waals surface area contributed by atoms with Crippen LogP contribution in [0.15, 0.2) is 72.8 Å². The van der Waals surface area contributed by atoms with E-state index in [9.17, 15) is 5.11 Å². The quantitative estimate of drug-likeness (QED) is 0.598. The molecule has 3 aromatic rings. The number of hydrogen-bond donors (Lipinski definition) is 1. The molecule has 1 N–H and O–H groups in total. The third-order valence-corrected chi connectivity index (χ3v) is 5.48. The third kappa shape index (κ3) is 4.15. The lowest BCUT2D eigenvalue weighted by atomic mass is 9.78. The van der Waals surface area contributed by atoms with Crippen LogP contribution < -0.4 is 9.64 Å². The minimum Gasteiger partial charge on any atom is -0.497 e. The molecule has 0 bridgehead atoms. The number of anilines is 1. The molecule has 0 aliphatic heterocycles. The Morgan fingerprint density at radius 2 is 1.03 bits per heavy atom. The van der Waals surface area contributed by atoms with Crippen molar-refractivity contribution >= 4 is 5.69 Å². The van der Waals surface area contributed by atoms with E-state index >= 15 is 0 Å². The molecule has 3 rings (SSSR count). The predicted octanol–water partition coefficient (Wildman–Crippen LogP) is 5.34. The van der Waals surface area contributed by atoms with Crippen LogP contribution in [-0.2, 0) is 11.0 Å². The van der Waals surface area contributed by atoms with Crippen LogP contribution in [0.2, 0.25) is 0 Å². The van der Waals surface area contributed by atoms with Gasteiger partial charge in [0.2, 0.25) is 0 Å². The van der Waals surface area contributed by atoms with Crippen LogP contribution in [0.5, 0.6) is 5.75 Å². The van der Waals surface area contributed by atoms with Crippen molar-refractivity contribution in [2.75, 3.05) is 26.1 Å². The van der Waals surface area contributed by atoms with Gasteiger partial charge in [-0.1, -0.05) is 69.3 Å². The van der Waals surface area contributed by atoms with Crippen molar-refractivity contribution in [3.8, 4) is 5.75 Å². The summed E-state index contributed by atoms with van der Waals surface area (Å²) in [6, 6.07) is 24.0. The van der Waals surface area contributed by atoms with Gasteiger partial charge in [0.15, 0.2) is 0 Å². The number of ether oxygens (including phenoxy) is 1. The van der Waals surface area contributed by atoms with E-state index in [0.29, 0.717) is 0 Å². The number of benzene rings is 3. The molecule has 3 aromatic carbocycles. The molecule has 0 aliphatic rings. The first kappa shape index (κ1) is 20.9. The first-order valence-corrected chi connectivity index (χ1v) is 9.92. The van der Waals surface area contributed by atoms with Crippen LogP contribution in [0.4, 0.5) is 5.69 Å². The first-order chi connectivity index (χ1) is 13.7. The second kappa shape index (κ2) is 7.92. The number of aliphatic hydroxyl groups is 1. The van der Waals surface area contributed by atoms with Crippen molar-refractivity contribution in [2.45, 2.75) is 31.8 Å². The molecular formula is C26H31NO2. The number of nitrogens with zero attached hydrogens (tertiary/aromatic N) is 1. The van der Waals surface area contributed by atoms with Gasteiger partial charge >= 0.3 is 0 Å². The standard InChI is InChI=1S/C26H31NO2/c1-25(2,3)19-7-9-20(10-8-19)26(28,22-13-17-24(29-6)18-14-22)21-11-15-23(16-12-21)27(4)5/h7-18,28H,1-6H3. The molecule has 0 spiro atoms. The number of hydrogen-bond acceptors (Lipinski definition) is 3. The maximum Gasteiger partial charge on any atom is 0.140 e. The number of rotatable bonds is 5. The highest BCUT2D eigenvalue weighted by Gasteiger charge is 2.34. The van der Waals surface area contributed by atoms with E-state index in [4.69, 9.17) is 4.74 Å². The van der Waals surface area contributed by atoms with Gasteiger partial charge in [-0.05, 0) is 51.9 Å². The number of methoxy groups -OCH3 is 1. The van der Waals surface area contributed by atoms with Gasteiger partial charge in [0.25, 0.3) is 0 Å². The maximum absolute atomic E-state index is 12.1. The van der Waals surface area contributed by atoms with Crippen LogP contribution >= 0.6 is 0 Å². The van der Waals surface area contributed by atoms with Gasteiger partial charge in [-0.15, -0.1) is 0 Å². The minimum atomic E-state index is -1.26. The molecule has 0 amide bonds. The SMILES string of the molecule is COc1ccc(C(O)(c2ccc(N(C)C)cc2)c2ccc(C(C)(C)C)cc2)cc1. The van der Waals surface area contributed by atoms with E-state index in [1.54, 1.807) is 7.11 Å². The molecule has 3 heteroatoms. The van der Waals surface area contributed by atoms with E-state index in [2.05, 4.69) is 32.9 Å². The van der Waals surface area contributed by atoms with E-state index in [-0.39, 0.29) is 5.41 Å². The fourth-order valence-corrected chi connectivity index (χ4v) is 3.54. The van der Waals surface area contributed by atoms with Crippen LogP contribution in [0.1, 0.15) is 43.0 Å². The van der Waals surface area contributed by atoms with E-state index in [0.717, 1.165) is 28.1 Å². The molecule has 0 fully saturated rings. The summed E-state index contributed by atoms with van der Waals surface area (Å²) in [6.45, 7) is 6.58. The van der Waals surface area contributed by atoms with Gasteiger partial charge in [-0.25, -0.2) is 0 Å². The van der Waals surface area contributed by atoms with Crippen molar-refractivity contribution in [3.63, 3.8) is 0 Å². The lowest BCUT2D eigenvalue weighted by Crippen LogP contribution is -2.29. The highest BCUT2D eigenvalue weighted by Crippen LogP contribution is 2.38. The highest BCUT2D eigenvalue weighted by molar-refractivity contribution is 5.53. The first-order valence-electron chi connectivity index (χ1n) is 9.92. The molecule has 0 saturated heterocycles. The average Bonchev–Trinajstić information content (AvgIpc) is 2.73. The smallest absolute Gasteiger partial charge is 0.140 e. The molecule has 152 valence electrons. The van der Waals surface area contributed by atoms with E-state index in [1.807, 2.05) is 79.7 Å². The van der Waals surface area contributed by atoms with E-state index in [1.165, 1.54) is 5.56 Å². The van der Waals surface area contributed by atoms with Crippen molar-refractivity contribution in [1.29, 1.82) is 0 Å². The predicted molar refractivity (Wildman–Crippen MR) is 121 cm³/mol. The minimum absolute atomic E-state index is 0.0596. The van der Waals surface area contributed by atoms with Gasteiger partial charge in [0.05, 0.1) is 7.11 Å². The fourth-order valence-electron chi connectivity index (χ4n) is 3.54. The molecule has 0 heterocycles. The Labute approximate surface area is 174 Å². The largest absolute Gasteiger partial charge is 0.497 e. The monoisotopic (exact) mass is 389 g/mol. The molecular weight excluding hydrogens is 358 g/mol. The highest BCUT2D eigenvalue weighted by atomic mass is 16.5. The Morgan fingerprint density at radius 3 is 1.41 bits per heavy atom. The summed E-state index contributed by atoms with van der Waals surface area (Å²) in [6.07, 6.45) is 0. The maximum atomic E-state index is 12.1. The summed E-state index contributed by atoms with van der Waals surface area (Å²) in [5.41, 5.74) is 3.61. The van der Waals surface area contributed by atoms with Crippen molar-refractivity contribution in [2.24, 2.45) is 0 Å². The van der Waals surface area contributed by atoms with Gasteiger partial charge < -0.3 is 14.7 Å². The second-order valence-electron chi connectivity index (χ2n) is 8.71. The fraction of sp³-hybridized carbons (Fsp3) is 0.308. The van der Waals surface area contributed by atoms with Crippen LogP contribution in [-0.4, -0.2) is 26.3 Å². The van der Waals surface area contributed by atoms with Gasteiger partial charge in [0.1, 0.15) is 11.4 Å². The topological polar surface area (TPSA) is 32.7 Å². The summed E-state index contributed by atoms with van der Waals surface area (Å²) < 4.78 is 5.30. The molecule has 0 radical (unpaired) electrons. The summed E-state index contributed by atoms with van der Waals surface area (Å²) in [5.74, 6) is 0.766. The van der Waals surface area contributed by atoms with Gasteiger partial charge in [-0.3, -0.25) is 0 Å². The molecule has 0 saturated carbocycles. The zero-order valence-corrected chi connectivity index (χ0v) is 18.2. The van der Waals surface area contributed by atoms with Crippen LogP contribution in [0.25, 0.3) is 0 Å².